The molecule has 0 N–H and O–H groups in total. The first-order valence-corrected chi connectivity index (χ1v) is 3.68. The summed E-state index contributed by atoms with van der Waals surface area (Å²) in [5.41, 5.74) is 0.748. The Labute approximate surface area is 75.6 Å². The van der Waals surface area contributed by atoms with Gasteiger partial charge in [0.1, 0.15) is 5.82 Å². The molecule has 1 aromatic rings. The van der Waals surface area contributed by atoms with Gasteiger partial charge in [-0.05, 0) is 23.8 Å². The monoisotopic (exact) mass is 180 g/mol. The topological polar surface area (TPSA) is 26.3 Å². The van der Waals surface area contributed by atoms with Crippen LogP contribution in [0, 0.1) is 5.82 Å². The van der Waals surface area contributed by atoms with E-state index in [-0.39, 0.29) is 5.56 Å². The van der Waals surface area contributed by atoms with E-state index in [0.29, 0.717) is 5.56 Å². The van der Waals surface area contributed by atoms with Crippen LogP contribution < -0.4 is 0 Å². The third-order valence-electron chi connectivity index (χ3n) is 1.58. The van der Waals surface area contributed by atoms with Crippen molar-refractivity contribution in [3.05, 3.63) is 41.7 Å². The highest BCUT2D eigenvalue weighted by Gasteiger charge is 2.07. The normalized spacial score (nSPS) is 9.38. The first kappa shape index (κ1) is 9.45. The van der Waals surface area contributed by atoms with Crippen LogP contribution >= 0.6 is 0 Å². The second-order valence-corrected chi connectivity index (χ2v) is 2.47. The van der Waals surface area contributed by atoms with Crippen LogP contribution in [0.1, 0.15) is 15.9 Å². The summed E-state index contributed by atoms with van der Waals surface area (Å²) in [4.78, 5) is 11.0. The maximum atomic E-state index is 12.9. The van der Waals surface area contributed by atoms with Crippen LogP contribution in [0.25, 0.3) is 6.08 Å². The lowest BCUT2D eigenvalue weighted by Gasteiger charge is -2.00. The van der Waals surface area contributed by atoms with Crippen LogP contribution in [-0.2, 0) is 4.74 Å². The zero-order chi connectivity index (χ0) is 9.84. The number of benzene rings is 1. The lowest BCUT2D eigenvalue weighted by molar-refractivity contribution is 0.0600. The Morgan fingerprint density at radius 3 is 2.77 bits per heavy atom. The molecule has 0 aromatic heterocycles. The Morgan fingerprint density at radius 2 is 2.23 bits per heavy atom. The van der Waals surface area contributed by atoms with E-state index in [2.05, 4.69) is 11.3 Å². The van der Waals surface area contributed by atoms with E-state index in [1.54, 1.807) is 0 Å². The van der Waals surface area contributed by atoms with E-state index < -0.39 is 11.8 Å². The molecule has 0 atom stereocenters. The molecule has 0 unspecified atom stereocenters. The number of rotatable bonds is 2. The summed E-state index contributed by atoms with van der Waals surface area (Å²) in [6, 6.07) is 3.93. The minimum atomic E-state index is -0.553. The number of hydrogen-bond acceptors (Lipinski definition) is 2. The van der Waals surface area contributed by atoms with E-state index in [1.807, 2.05) is 0 Å². The molecule has 0 heterocycles. The van der Waals surface area contributed by atoms with Crippen LogP contribution in [0.5, 0.6) is 0 Å². The Hall–Kier alpha value is -1.64. The van der Waals surface area contributed by atoms with Gasteiger partial charge >= 0.3 is 5.97 Å². The van der Waals surface area contributed by atoms with E-state index >= 15 is 0 Å². The van der Waals surface area contributed by atoms with Crippen LogP contribution in [-0.4, -0.2) is 13.1 Å². The number of halogens is 1. The molecule has 0 aliphatic rings. The maximum Gasteiger partial charge on any atom is 0.337 e. The molecule has 0 saturated carbocycles. The second kappa shape index (κ2) is 3.85. The van der Waals surface area contributed by atoms with Crippen molar-refractivity contribution in [3.8, 4) is 0 Å². The van der Waals surface area contributed by atoms with Gasteiger partial charge < -0.3 is 4.74 Å². The maximum absolute atomic E-state index is 12.9. The first-order valence-electron chi connectivity index (χ1n) is 3.68. The molecule has 13 heavy (non-hydrogen) atoms. The molecule has 0 spiro atoms. The summed E-state index contributed by atoms with van der Waals surface area (Å²) < 4.78 is 17.3. The van der Waals surface area contributed by atoms with E-state index in [4.69, 9.17) is 0 Å². The van der Waals surface area contributed by atoms with Crippen LogP contribution in [0.4, 0.5) is 4.39 Å². The zero-order valence-electron chi connectivity index (χ0n) is 7.21. The van der Waals surface area contributed by atoms with Gasteiger partial charge in [0.2, 0.25) is 0 Å². The fourth-order valence-corrected chi connectivity index (χ4v) is 0.966. The fourth-order valence-electron chi connectivity index (χ4n) is 0.966. The number of carbonyl (C=O) groups is 1. The summed E-state index contributed by atoms with van der Waals surface area (Å²) in [5, 5.41) is 0. The summed E-state index contributed by atoms with van der Waals surface area (Å²) in [5.74, 6) is -1.03. The van der Waals surface area contributed by atoms with Crippen molar-refractivity contribution < 1.29 is 13.9 Å². The predicted octanol–water partition coefficient (Wildman–Crippen LogP) is 2.26. The molecule has 0 amide bonds. The summed E-state index contributed by atoms with van der Waals surface area (Å²) in [6.07, 6.45) is 1.47. The molecule has 0 fully saturated rings. The smallest absolute Gasteiger partial charge is 0.337 e. The molecule has 2 nitrogen and oxygen atoms in total. The molecule has 0 aliphatic carbocycles. The van der Waals surface area contributed by atoms with Crippen molar-refractivity contribution in [1.82, 2.24) is 0 Å². The molecular weight excluding hydrogens is 171 g/mol. The van der Waals surface area contributed by atoms with Gasteiger partial charge in [-0.2, -0.15) is 0 Å². The molecule has 0 radical (unpaired) electrons. The van der Waals surface area contributed by atoms with Crippen molar-refractivity contribution >= 4 is 12.0 Å². The predicted molar refractivity (Wildman–Crippen MR) is 47.8 cm³/mol. The van der Waals surface area contributed by atoms with Gasteiger partial charge in [-0.25, -0.2) is 9.18 Å². The van der Waals surface area contributed by atoms with Gasteiger partial charge in [-0.15, -0.1) is 0 Å². The lowest BCUT2D eigenvalue weighted by Crippen LogP contribution is -2.01. The summed E-state index contributed by atoms with van der Waals surface area (Å²) in [7, 11) is 1.25. The van der Waals surface area contributed by atoms with Gasteiger partial charge in [0.05, 0.1) is 12.7 Å². The summed E-state index contributed by atoms with van der Waals surface area (Å²) >= 11 is 0. The van der Waals surface area contributed by atoms with Crippen molar-refractivity contribution in [2.24, 2.45) is 0 Å². The summed E-state index contributed by atoms with van der Waals surface area (Å²) in [6.45, 7) is 3.48. The number of esters is 1. The highest BCUT2D eigenvalue weighted by molar-refractivity contribution is 5.90. The number of methoxy groups -OCH3 is 1. The standard InChI is InChI=1S/C10H9FO2/c1-3-7-4-8(10(12)13-2)6-9(11)5-7/h3-6H,1H2,2H3. The lowest BCUT2D eigenvalue weighted by atomic mass is 10.1. The molecule has 1 rings (SSSR count). The molecule has 3 heteroatoms. The zero-order valence-corrected chi connectivity index (χ0v) is 7.21. The number of hydrogen-bond donors (Lipinski definition) is 0. The van der Waals surface area contributed by atoms with Crippen LogP contribution in [0.3, 0.4) is 0 Å². The van der Waals surface area contributed by atoms with Gasteiger partial charge in [0.25, 0.3) is 0 Å². The highest BCUT2D eigenvalue weighted by Crippen LogP contribution is 2.11. The van der Waals surface area contributed by atoms with Crippen molar-refractivity contribution in [2.75, 3.05) is 7.11 Å². The first-order chi connectivity index (χ1) is 6.17. The van der Waals surface area contributed by atoms with Crippen LogP contribution in [0.15, 0.2) is 24.8 Å². The molecule has 68 valence electrons. The molecule has 0 saturated heterocycles. The average molecular weight is 180 g/mol. The van der Waals surface area contributed by atoms with E-state index in [1.165, 1.54) is 25.3 Å². The van der Waals surface area contributed by atoms with Gasteiger partial charge in [0.15, 0.2) is 0 Å². The largest absolute Gasteiger partial charge is 0.465 e. The molecule has 1 aromatic carbocycles. The van der Waals surface area contributed by atoms with Crippen molar-refractivity contribution in [2.45, 2.75) is 0 Å². The van der Waals surface area contributed by atoms with Crippen molar-refractivity contribution in [3.63, 3.8) is 0 Å². The van der Waals surface area contributed by atoms with Crippen LogP contribution in [0.2, 0.25) is 0 Å². The molecular formula is C10H9FO2. The van der Waals surface area contributed by atoms with Crippen molar-refractivity contribution in [1.29, 1.82) is 0 Å². The molecule has 0 bridgehead atoms. The minimum absolute atomic E-state index is 0.192. The molecule has 0 aliphatic heterocycles. The van der Waals surface area contributed by atoms with E-state index in [0.717, 1.165) is 6.07 Å². The van der Waals surface area contributed by atoms with Gasteiger partial charge in [-0.1, -0.05) is 12.7 Å². The average Bonchev–Trinajstić information content (AvgIpc) is 2.15. The van der Waals surface area contributed by atoms with Gasteiger partial charge in [-0.3, -0.25) is 0 Å². The highest BCUT2D eigenvalue weighted by atomic mass is 19.1. The third kappa shape index (κ3) is 2.15. The Bertz CT molecular complexity index is 345. The van der Waals surface area contributed by atoms with E-state index in [9.17, 15) is 9.18 Å². The Morgan fingerprint density at radius 1 is 1.54 bits per heavy atom. The fraction of sp³-hybridized carbons (Fsp3) is 0.100. The minimum Gasteiger partial charge on any atom is -0.465 e. The third-order valence-corrected chi connectivity index (χ3v) is 1.58. The van der Waals surface area contributed by atoms with Gasteiger partial charge in [0, 0.05) is 0 Å². The number of ether oxygens (including phenoxy) is 1. The quantitative estimate of drug-likeness (QED) is 0.652. The second-order valence-electron chi connectivity index (χ2n) is 2.47. The Kier molecular flexibility index (Phi) is 2.80. The Balaban J connectivity index is 3.15. The SMILES string of the molecule is C=Cc1cc(F)cc(C(=O)OC)c1. The number of carbonyl (C=O) groups excluding carboxylic acids is 1.